The van der Waals surface area contributed by atoms with E-state index >= 15 is 0 Å². The highest BCUT2D eigenvalue weighted by Gasteiger charge is 2.39. The number of likely N-dealkylation sites (N-methyl/N-ethyl adjacent to an activating group) is 1. The number of nitrogens with one attached hydrogen (secondary N) is 1. The van der Waals surface area contributed by atoms with Crippen LogP contribution in [0.4, 0.5) is 0 Å². The molecule has 1 saturated heterocycles. The molecule has 1 N–H and O–H groups in total. The van der Waals surface area contributed by atoms with Crippen molar-refractivity contribution in [1.82, 2.24) is 10.2 Å². The highest BCUT2D eigenvalue weighted by Crippen LogP contribution is 2.40. The molecular weight excluding hydrogens is 260 g/mol. The number of fused-ring (bicyclic) bond motifs is 1. The minimum atomic E-state index is -0.0310. The maximum Gasteiger partial charge on any atom is 0.0753 e. The van der Waals surface area contributed by atoms with Gasteiger partial charge in [-0.05, 0) is 44.4 Å². The third-order valence-corrected chi connectivity index (χ3v) is 5.08. The van der Waals surface area contributed by atoms with E-state index in [1.807, 2.05) is 0 Å². The molecule has 2 aliphatic rings. The fourth-order valence-corrected chi connectivity index (χ4v) is 4.12. The van der Waals surface area contributed by atoms with Gasteiger partial charge in [0, 0.05) is 25.2 Å². The summed E-state index contributed by atoms with van der Waals surface area (Å²) in [5, 5.41) is 3.57. The van der Waals surface area contributed by atoms with Crippen molar-refractivity contribution < 1.29 is 4.74 Å². The molecule has 0 saturated carbocycles. The summed E-state index contributed by atoms with van der Waals surface area (Å²) in [6.45, 7) is 9.67. The van der Waals surface area contributed by atoms with Crippen LogP contribution in [0.1, 0.15) is 50.3 Å². The van der Waals surface area contributed by atoms with Crippen LogP contribution in [0.2, 0.25) is 0 Å². The average molecular weight is 288 g/mol. The molecule has 1 aromatic carbocycles. The first-order valence-corrected chi connectivity index (χ1v) is 8.16. The van der Waals surface area contributed by atoms with E-state index in [0.29, 0.717) is 18.0 Å². The predicted octanol–water partition coefficient (Wildman–Crippen LogP) is 2.93. The van der Waals surface area contributed by atoms with Crippen molar-refractivity contribution in [1.29, 1.82) is 0 Å². The fraction of sp³-hybridized carbons (Fsp3) is 0.667. The second-order valence-corrected chi connectivity index (χ2v) is 7.18. The summed E-state index contributed by atoms with van der Waals surface area (Å²) in [7, 11) is 2.09. The molecule has 1 aromatic rings. The highest BCUT2D eigenvalue weighted by atomic mass is 16.5. The van der Waals surface area contributed by atoms with E-state index < -0.39 is 0 Å². The molecule has 3 rings (SSSR count). The third-order valence-electron chi connectivity index (χ3n) is 5.08. The minimum absolute atomic E-state index is 0.0310. The Labute approximate surface area is 128 Å². The van der Waals surface area contributed by atoms with Gasteiger partial charge in [-0.15, -0.1) is 0 Å². The lowest BCUT2D eigenvalue weighted by Crippen LogP contribution is -2.56. The maximum absolute atomic E-state index is 5.89. The molecule has 3 atom stereocenters. The van der Waals surface area contributed by atoms with Gasteiger partial charge >= 0.3 is 0 Å². The maximum atomic E-state index is 5.89. The quantitative estimate of drug-likeness (QED) is 0.905. The number of morpholine rings is 1. The molecule has 1 heterocycles. The van der Waals surface area contributed by atoms with Gasteiger partial charge < -0.3 is 10.1 Å². The number of rotatable bonds is 2. The third kappa shape index (κ3) is 2.87. The van der Waals surface area contributed by atoms with Crippen LogP contribution in [-0.2, 0) is 4.74 Å². The number of ether oxygens (including phenoxy) is 1. The minimum Gasteiger partial charge on any atom is -0.373 e. The Bertz CT molecular complexity index is 500. The van der Waals surface area contributed by atoms with Gasteiger partial charge in [-0.2, -0.15) is 0 Å². The SMILES string of the molecule is CNC1c2ccccc2C(C)CC1N1CCOC(C)(C)C1. The Kier molecular flexibility index (Phi) is 4.08. The highest BCUT2D eigenvalue weighted by molar-refractivity contribution is 5.36. The van der Waals surface area contributed by atoms with Crippen molar-refractivity contribution in [2.24, 2.45) is 0 Å². The Balaban J connectivity index is 1.89. The molecule has 0 amide bonds. The second kappa shape index (κ2) is 5.71. The molecule has 0 spiro atoms. The van der Waals surface area contributed by atoms with Gasteiger partial charge in [-0.3, -0.25) is 4.90 Å². The van der Waals surface area contributed by atoms with Crippen LogP contribution in [0, 0.1) is 0 Å². The molecule has 3 nitrogen and oxygen atoms in total. The lowest BCUT2D eigenvalue weighted by atomic mass is 9.77. The summed E-state index contributed by atoms with van der Waals surface area (Å²) < 4.78 is 5.89. The van der Waals surface area contributed by atoms with Gasteiger partial charge in [0.2, 0.25) is 0 Å². The van der Waals surface area contributed by atoms with E-state index in [4.69, 9.17) is 4.74 Å². The van der Waals surface area contributed by atoms with E-state index in [-0.39, 0.29) is 5.60 Å². The summed E-state index contributed by atoms with van der Waals surface area (Å²) in [5.41, 5.74) is 2.96. The topological polar surface area (TPSA) is 24.5 Å². The first kappa shape index (κ1) is 15.0. The van der Waals surface area contributed by atoms with Crippen molar-refractivity contribution in [3.63, 3.8) is 0 Å². The van der Waals surface area contributed by atoms with Crippen LogP contribution in [-0.4, -0.2) is 43.3 Å². The zero-order chi connectivity index (χ0) is 15.0. The normalized spacial score (nSPS) is 32.7. The van der Waals surface area contributed by atoms with E-state index in [9.17, 15) is 0 Å². The molecular formula is C18H28N2O. The Morgan fingerprint density at radius 2 is 1.95 bits per heavy atom. The second-order valence-electron chi connectivity index (χ2n) is 7.18. The monoisotopic (exact) mass is 288 g/mol. The number of hydrogen-bond donors (Lipinski definition) is 1. The molecule has 0 bridgehead atoms. The van der Waals surface area contributed by atoms with Gasteiger partial charge in [-0.25, -0.2) is 0 Å². The molecule has 0 aromatic heterocycles. The van der Waals surface area contributed by atoms with E-state index in [0.717, 1.165) is 19.7 Å². The Hall–Kier alpha value is -0.900. The Morgan fingerprint density at radius 3 is 2.62 bits per heavy atom. The largest absolute Gasteiger partial charge is 0.373 e. The number of nitrogens with zero attached hydrogens (tertiary/aromatic N) is 1. The van der Waals surface area contributed by atoms with Gasteiger partial charge in [-0.1, -0.05) is 31.2 Å². The van der Waals surface area contributed by atoms with Crippen LogP contribution in [0.15, 0.2) is 24.3 Å². The molecule has 1 fully saturated rings. The summed E-state index contributed by atoms with van der Waals surface area (Å²) in [4.78, 5) is 2.64. The molecule has 1 aliphatic heterocycles. The molecule has 1 aliphatic carbocycles. The zero-order valence-corrected chi connectivity index (χ0v) is 13.7. The van der Waals surface area contributed by atoms with E-state index in [1.54, 1.807) is 0 Å². The van der Waals surface area contributed by atoms with Crippen LogP contribution in [0.5, 0.6) is 0 Å². The smallest absolute Gasteiger partial charge is 0.0753 e. The van der Waals surface area contributed by atoms with Gasteiger partial charge in [0.05, 0.1) is 12.2 Å². The van der Waals surface area contributed by atoms with Crippen molar-refractivity contribution in [2.45, 2.75) is 50.8 Å². The molecule has 116 valence electrons. The lowest BCUT2D eigenvalue weighted by molar-refractivity contribution is -0.103. The molecule has 21 heavy (non-hydrogen) atoms. The first-order chi connectivity index (χ1) is 10.0. The van der Waals surface area contributed by atoms with Gasteiger partial charge in [0.1, 0.15) is 0 Å². The zero-order valence-electron chi connectivity index (χ0n) is 13.7. The summed E-state index contributed by atoms with van der Waals surface area (Å²) in [5.74, 6) is 0.627. The van der Waals surface area contributed by atoms with Crippen LogP contribution >= 0.6 is 0 Å². The standard InChI is InChI=1S/C18H28N2O/c1-13-11-16(20-9-10-21-18(2,3)12-20)17(19-4)15-8-6-5-7-14(13)15/h5-8,13,16-17,19H,9-12H2,1-4H3. The molecule has 3 unspecified atom stereocenters. The van der Waals surface area contributed by atoms with E-state index in [1.165, 1.54) is 17.5 Å². The average Bonchev–Trinajstić information content (AvgIpc) is 2.46. The predicted molar refractivity (Wildman–Crippen MR) is 86.7 cm³/mol. The summed E-state index contributed by atoms with van der Waals surface area (Å²) in [6.07, 6.45) is 1.22. The Morgan fingerprint density at radius 1 is 1.24 bits per heavy atom. The van der Waals surface area contributed by atoms with Crippen molar-refractivity contribution in [3.05, 3.63) is 35.4 Å². The van der Waals surface area contributed by atoms with Gasteiger partial charge in [0.25, 0.3) is 0 Å². The number of hydrogen-bond acceptors (Lipinski definition) is 3. The lowest BCUT2D eigenvalue weighted by Gasteiger charge is -2.48. The summed E-state index contributed by atoms with van der Waals surface area (Å²) >= 11 is 0. The van der Waals surface area contributed by atoms with Crippen LogP contribution in [0.25, 0.3) is 0 Å². The van der Waals surface area contributed by atoms with Crippen molar-refractivity contribution in [3.8, 4) is 0 Å². The number of benzene rings is 1. The van der Waals surface area contributed by atoms with Gasteiger partial charge in [0.15, 0.2) is 0 Å². The van der Waals surface area contributed by atoms with Crippen molar-refractivity contribution >= 4 is 0 Å². The van der Waals surface area contributed by atoms with Crippen LogP contribution in [0.3, 0.4) is 0 Å². The summed E-state index contributed by atoms with van der Waals surface area (Å²) in [6, 6.07) is 9.91. The van der Waals surface area contributed by atoms with E-state index in [2.05, 4.69) is 62.3 Å². The first-order valence-electron chi connectivity index (χ1n) is 8.16. The fourth-order valence-electron chi connectivity index (χ4n) is 4.12. The van der Waals surface area contributed by atoms with Crippen molar-refractivity contribution in [2.75, 3.05) is 26.7 Å². The van der Waals surface area contributed by atoms with Crippen LogP contribution < -0.4 is 5.32 Å². The molecule has 3 heteroatoms. The molecule has 0 radical (unpaired) electrons.